The second-order valence-corrected chi connectivity index (χ2v) is 7.03. The van der Waals surface area contributed by atoms with Crippen LogP contribution in [0.5, 0.6) is 0 Å². The SMILES string of the molecule is Cc1c(C(=O)CNCC(c2ccco2)N2CCCC2)oc2ccc(F)cc12. The van der Waals surface area contributed by atoms with E-state index in [-0.39, 0.29) is 24.2 Å². The van der Waals surface area contributed by atoms with Gasteiger partial charge < -0.3 is 14.2 Å². The minimum Gasteiger partial charge on any atom is -0.468 e. The van der Waals surface area contributed by atoms with Crippen molar-refractivity contribution in [3.8, 4) is 0 Å². The first kappa shape index (κ1) is 17.9. The van der Waals surface area contributed by atoms with Crippen molar-refractivity contribution in [1.82, 2.24) is 10.2 Å². The molecule has 0 amide bonds. The first-order valence-corrected chi connectivity index (χ1v) is 9.33. The van der Waals surface area contributed by atoms with E-state index < -0.39 is 0 Å². The van der Waals surface area contributed by atoms with Gasteiger partial charge in [0.15, 0.2) is 5.76 Å². The number of Topliss-reactive ketones (excluding diaryl/α,β-unsaturated/α-hetero) is 1. The summed E-state index contributed by atoms with van der Waals surface area (Å²) >= 11 is 0. The van der Waals surface area contributed by atoms with Crippen LogP contribution in [0.2, 0.25) is 0 Å². The summed E-state index contributed by atoms with van der Waals surface area (Å²) in [6, 6.07) is 8.27. The standard InChI is InChI=1S/C21H23FN2O3/c1-14-16-11-15(22)6-7-19(16)27-21(14)18(25)13-23-12-17(20-5-4-10-26-20)24-8-2-3-9-24/h4-7,10-11,17,23H,2-3,8-9,12-13H2,1H3. The van der Waals surface area contributed by atoms with E-state index >= 15 is 0 Å². The second-order valence-electron chi connectivity index (χ2n) is 7.03. The Morgan fingerprint density at radius 1 is 1.30 bits per heavy atom. The van der Waals surface area contributed by atoms with Gasteiger partial charge in [0.1, 0.15) is 17.2 Å². The van der Waals surface area contributed by atoms with Gasteiger partial charge in [0.25, 0.3) is 0 Å². The van der Waals surface area contributed by atoms with Crippen molar-refractivity contribution < 1.29 is 18.0 Å². The van der Waals surface area contributed by atoms with Crippen LogP contribution in [-0.2, 0) is 0 Å². The maximum Gasteiger partial charge on any atom is 0.212 e. The topological polar surface area (TPSA) is 58.6 Å². The van der Waals surface area contributed by atoms with E-state index in [9.17, 15) is 9.18 Å². The van der Waals surface area contributed by atoms with E-state index in [1.165, 1.54) is 25.0 Å². The van der Waals surface area contributed by atoms with Crippen molar-refractivity contribution >= 4 is 16.8 Å². The molecule has 1 N–H and O–H groups in total. The number of ketones is 1. The van der Waals surface area contributed by atoms with Crippen molar-refractivity contribution in [3.05, 3.63) is 59.5 Å². The molecule has 1 unspecified atom stereocenters. The molecule has 1 aliphatic heterocycles. The van der Waals surface area contributed by atoms with Gasteiger partial charge in [-0.15, -0.1) is 0 Å². The first-order chi connectivity index (χ1) is 13.1. The largest absolute Gasteiger partial charge is 0.468 e. The van der Waals surface area contributed by atoms with Crippen molar-refractivity contribution in [1.29, 1.82) is 0 Å². The number of rotatable bonds is 7. The number of nitrogens with one attached hydrogen (secondary N) is 1. The molecule has 142 valence electrons. The highest BCUT2D eigenvalue weighted by Crippen LogP contribution is 2.27. The Bertz CT molecular complexity index is 926. The number of hydrogen-bond acceptors (Lipinski definition) is 5. The summed E-state index contributed by atoms with van der Waals surface area (Å²) < 4.78 is 24.7. The molecule has 1 aromatic carbocycles. The number of carbonyl (C=O) groups excluding carboxylic acids is 1. The lowest BCUT2D eigenvalue weighted by molar-refractivity contribution is 0.0961. The van der Waals surface area contributed by atoms with E-state index in [1.54, 1.807) is 19.3 Å². The number of nitrogens with zero attached hydrogens (tertiary/aromatic N) is 1. The molecule has 1 aliphatic rings. The van der Waals surface area contributed by atoms with Gasteiger partial charge in [0, 0.05) is 17.5 Å². The van der Waals surface area contributed by atoms with Crippen molar-refractivity contribution in [2.75, 3.05) is 26.2 Å². The zero-order chi connectivity index (χ0) is 18.8. The zero-order valence-corrected chi connectivity index (χ0v) is 15.3. The molecule has 27 heavy (non-hydrogen) atoms. The third-order valence-corrected chi connectivity index (χ3v) is 5.23. The van der Waals surface area contributed by atoms with Gasteiger partial charge in [-0.2, -0.15) is 0 Å². The highest BCUT2D eigenvalue weighted by molar-refractivity contribution is 6.01. The predicted molar refractivity (Wildman–Crippen MR) is 100 cm³/mol. The normalized spacial score (nSPS) is 16.2. The molecular formula is C21H23FN2O3. The maximum absolute atomic E-state index is 13.4. The molecule has 1 atom stereocenters. The van der Waals surface area contributed by atoms with Crippen LogP contribution in [0.15, 0.2) is 45.4 Å². The molecule has 0 aliphatic carbocycles. The quantitative estimate of drug-likeness (QED) is 0.635. The van der Waals surface area contributed by atoms with E-state index in [4.69, 9.17) is 8.83 Å². The summed E-state index contributed by atoms with van der Waals surface area (Å²) in [6.45, 7) is 4.64. The lowest BCUT2D eigenvalue weighted by atomic mass is 10.1. The molecule has 6 heteroatoms. The van der Waals surface area contributed by atoms with Gasteiger partial charge in [0.05, 0.1) is 18.8 Å². The van der Waals surface area contributed by atoms with Gasteiger partial charge in [0.2, 0.25) is 5.78 Å². The molecule has 0 spiro atoms. The zero-order valence-electron chi connectivity index (χ0n) is 15.3. The predicted octanol–water partition coefficient (Wildman–Crippen LogP) is 4.08. The number of benzene rings is 1. The number of carbonyl (C=O) groups is 1. The van der Waals surface area contributed by atoms with Crippen molar-refractivity contribution in [3.63, 3.8) is 0 Å². The van der Waals surface area contributed by atoms with Gasteiger partial charge in [-0.05, 0) is 63.2 Å². The fourth-order valence-corrected chi connectivity index (χ4v) is 3.81. The minimum atomic E-state index is -0.338. The van der Waals surface area contributed by atoms with E-state index in [0.29, 0.717) is 28.8 Å². The van der Waals surface area contributed by atoms with Crippen LogP contribution in [0.4, 0.5) is 4.39 Å². The number of fused-ring (bicyclic) bond motifs is 1. The van der Waals surface area contributed by atoms with Crippen LogP contribution in [0.1, 0.15) is 40.8 Å². The van der Waals surface area contributed by atoms with Crippen LogP contribution < -0.4 is 5.32 Å². The number of hydrogen-bond donors (Lipinski definition) is 1. The molecule has 0 bridgehead atoms. The molecule has 1 saturated heterocycles. The molecule has 4 rings (SSSR count). The Balaban J connectivity index is 1.43. The molecule has 3 heterocycles. The minimum absolute atomic E-state index is 0.112. The Kier molecular flexibility index (Phi) is 5.09. The summed E-state index contributed by atoms with van der Waals surface area (Å²) in [5, 5.41) is 3.89. The molecule has 2 aromatic heterocycles. The van der Waals surface area contributed by atoms with Gasteiger partial charge in [-0.1, -0.05) is 0 Å². The van der Waals surface area contributed by atoms with Crippen LogP contribution in [0.25, 0.3) is 11.0 Å². The summed E-state index contributed by atoms with van der Waals surface area (Å²) in [7, 11) is 0. The van der Waals surface area contributed by atoms with E-state index in [2.05, 4.69) is 10.2 Å². The number of aryl methyl sites for hydroxylation is 1. The smallest absolute Gasteiger partial charge is 0.212 e. The summed E-state index contributed by atoms with van der Waals surface area (Å²) in [5.74, 6) is 0.727. The molecule has 3 aromatic rings. The lowest BCUT2D eigenvalue weighted by Gasteiger charge is -2.25. The van der Waals surface area contributed by atoms with Gasteiger partial charge >= 0.3 is 0 Å². The van der Waals surface area contributed by atoms with Crippen LogP contribution in [0.3, 0.4) is 0 Å². The van der Waals surface area contributed by atoms with E-state index in [1.807, 2.05) is 12.1 Å². The van der Waals surface area contributed by atoms with Crippen LogP contribution in [-0.4, -0.2) is 36.9 Å². The molecule has 1 fully saturated rings. The Labute approximate surface area is 157 Å². The summed E-state index contributed by atoms with van der Waals surface area (Å²) in [5.41, 5.74) is 1.21. The van der Waals surface area contributed by atoms with Gasteiger partial charge in [-0.3, -0.25) is 9.69 Å². The maximum atomic E-state index is 13.4. The second kappa shape index (κ2) is 7.66. The average molecular weight is 370 g/mol. The van der Waals surface area contributed by atoms with Crippen LogP contribution >= 0.6 is 0 Å². The number of likely N-dealkylation sites (tertiary alicyclic amines) is 1. The third-order valence-electron chi connectivity index (χ3n) is 5.23. The monoisotopic (exact) mass is 370 g/mol. The Morgan fingerprint density at radius 2 is 2.11 bits per heavy atom. The Morgan fingerprint density at radius 3 is 2.85 bits per heavy atom. The lowest BCUT2D eigenvalue weighted by Crippen LogP contribution is -2.36. The average Bonchev–Trinajstić information content (AvgIpc) is 3.41. The highest BCUT2D eigenvalue weighted by Gasteiger charge is 2.26. The number of halogens is 1. The number of furan rings is 2. The van der Waals surface area contributed by atoms with Crippen molar-refractivity contribution in [2.24, 2.45) is 0 Å². The first-order valence-electron chi connectivity index (χ1n) is 9.33. The molecule has 5 nitrogen and oxygen atoms in total. The van der Waals surface area contributed by atoms with Crippen molar-refractivity contribution in [2.45, 2.75) is 25.8 Å². The fourth-order valence-electron chi connectivity index (χ4n) is 3.81. The van der Waals surface area contributed by atoms with Gasteiger partial charge in [-0.25, -0.2) is 4.39 Å². The Hall–Kier alpha value is -2.44. The van der Waals surface area contributed by atoms with Crippen LogP contribution in [0, 0.1) is 12.7 Å². The molecular weight excluding hydrogens is 347 g/mol. The van der Waals surface area contributed by atoms with E-state index in [0.717, 1.165) is 18.8 Å². The fraction of sp³-hybridized carbons (Fsp3) is 0.381. The molecule has 0 saturated carbocycles. The molecule has 0 radical (unpaired) electrons. The highest BCUT2D eigenvalue weighted by atomic mass is 19.1. The summed E-state index contributed by atoms with van der Waals surface area (Å²) in [6.07, 6.45) is 4.05. The third kappa shape index (κ3) is 3.68. The summed E-state index contributed by atoms with van der Waals surface area (Å²) in [4.78, 5) is 15.0.